The van der Waals surface area contributed by atoms with Crippen molar-refractivity contribution in [2.45, 2.75) is 77.8 Å². The second kappa shape index (κ2) is 19.1. The number of carbonyl (C=O) groups excluding carboxylic acids is 5. The number of halogens is 1. The Bertz CT molecular complexity index is 2590. The van der Waals surface area contributed by atoms with Gasteiger partial charge in [0.15, 0.2) is 0 Å². The Labute approximate surface area is 382 Å². The van der Waals surface area contributed by atoms with Crippen LogP contribution in [0.15, 0.2) is 79.1 Å². The van der Waals surface area contributed by atoms with Crippen molar-refractivity contribution in [3.8, 4) is 33.6 Å². The molecule has 66 heavy (non-hydrogen) atoms. The summed E-state index contributed by atoms with van der Waals surface area (Å²) in [5, 5.41) is 5.35. The first-order valence-corrected chi connectivity index (χ1v) is 22.2. The lowest BCUT2D eigenvalue weighted by molar-refractivity contribution is -0.136. The molecule has 0 radical (unpaired) electrons. The van der Waals surface area contributed by atoms with Crippen molar-refractivity contribution in [3.63, 3.8) is 0 Å². The van der Waals surface area contributed by atoms with E-state index in [0.717, 1.165) is 51.9 Å². The van der Waals surface area contributed by atoms with Crippen LogP contribution in [-0.4, -0.2) is 116 Å². The number of aromatic nitrogens is 4. The number of hydrogen-bond acceptors (Lipinski definition) is 9. The van der Waals surface area contributed by atoms with E-state index >= 15 is 0 Å². The summed E-state index contributed by atoms with van der Waals surface area (Å²) in [6.07, 6.45) is 3.81. The fourth-order valence-corrected chi connectivity index (χ4v) is 8.99. The third kappa shape index (κ3) is 9.30. The van der Waals surface area contributed by atoms with Crippen LogP contribution in [0.3, 0.4) is 0 Å². The van der Waals surface area contributed by atoms with E-state index < -0.39 is 30.3 Å². The molecule has 5 aromatic rings. The molecular formula is C48H55FN10O7. The number of aromatic amines is 2. The molecule has 5 heterocycles. The van der Waals surface area contributed by atoms with Gasteiger partial charge >= 0.3 is 18.2 Å². The van der Waals surface area contributed by atoms with Crippen LogP contribution in [0.2, 0.25) is 0 Å². The van der Waals surface area contributed by atoms with Gasteiger partial charge in [0, 0.05) is 43.2 Å². The first-order valence-electron chi connectivity index (χ1n) is 22.2. The number of rotatable bonds is 11. The first-order chi connectivity index (χ1) is 31.7. The number of nitrogens with zero attached hydrogens (tertiary/aromatic N) is 6. The number of carbonyl (C=O) groups is 5. The van der Waals surface area contributed by atoms with E-state index in [9.17, 15) is 28.4 Å². The zero-order chi connectivity index (χ0) is 46.8. The number of ether oxygens (including phenoxy) is 2. The Kier molecular flexibility index (Phi) is 13.1. The minimum absolute atomic E-state index is 0.0446. The molecular weight excluding hydrogens is 848 g/mol. The lowest BCUT2D eigenvalue weighted by Crippen LogP contribution is -2.52. The molecule has 6 amide bonds. The number of amides is 6. The highest BCUT2D eigenvalue weighted by molar-refractivity contribution is 5.88. The number of likely N-dealkylation sites (tertiary alicyclic amines) is 1. The van der Waals surface area contributed by atoms with Crippen LogP contribution < -0.4 is 10.6 Å². The van der Waals surface area contributed by atoms with Crippen LogP contribution in [0, 0.1) is 17.7 Å². The predicted molar refractivity (Wildman–Crippen MR) is 241 cm³/mol. The Hall–Kier alpha value is -7.24. The number of alkyl carbamates (subject to hydrolysis) is 2. The second-order valence-electron chi connectivity index (χ2n) is 17.6. The number of nitrogens with one attached hydrogen (secondary N) is 4. The Morgan fingerprint density at radius 3 is 1.70 bits per heavy atom. The minimum atomic E-state index is -0.927. The smallest absolute Gasteiger partial charge is 0.407 e. The number of urea groups is 1. The summed E-state index contributed by atoms with van der Waals surface area (Å²) in [7, 11) is 2.51. The zero-order valence-electron chi connectivity index (χ0n) is 37.8. The molecule has 3 aromatic carbocycles. The number of benzene rings is 3. The van der Waals surface area contributed by atoms with E-state index in [0.29, 0.717) is 30.4 Å². The van der Waals surface area contributed by atoms with Crippen LogP contribution in [0.1, 0.15) is 75.4 Å². The molecule has 3 aliphatic rings. The molecule has 4 atom stereocenters. The first kappa shape index (κ1) is 45.3. The van der Waals surface area contributed by atoms with E-state index in [4.69, 9.17) is 19.4 Å². The summed E-state index contributed by atoms with van der Waals surface area (Å²) >= 11 is 0. The molecule has 18 heteroatoms. The predicted octanol–water partition coefficient (Wildman–Crippen LogP) is 6.98. The van der Waals surface area contributed by atoms with Gasteiger partial charge in [-0.25, -0.2) is 28.7 Å². The quantitative estimate of drug-likeness (QED) is 0.108. The average Bonchev–Trinajstić information content (AvgIpc) is 4.18. The lowest BCUT2D eigenvalue weighted by atomic mass is 10.0. The summed E-state index contributed by atoms with van der Waals surface area (Å²) in [5.74, 6) is -0.168. The molecule has 8 rings (SSSR count). The largest absolute Gasteiger partial charge is 0.453 e. The number of fused-ring (bicyclic) bond motifs is 1. The van der Waals surface area contributed by atoms with Crippen molar-refractivity contribution < 1.29 is 37.8 Å². The molecule has 0 bridgehead atoms. The SMILES string of the molecule is COC(=O)NC(C(=O)N1CCC[C@H]1c1nc(-c2ccc(-c3ccc(-c4c[nH]c([C@@H]5CN(C(=O)N6Cc7ccc(F)cc7C6)CN5C(=O)[C@@H](NC(=O)OC)C(C)C)n4)cc3)cc2)c[nH]1)C(C)C. The van der Waals surface area contributed by atoms with Gasteiger partial charge in [-0.3, -0.25) is 9.59 Å². The fourth-order valence-electron chi connectivity index (χ4n) is 8.99. The van der Waals surface area contributed by atoms with E-state index in [-0.39, 0.29) is 61.3 Å². The molecule has 2 saturated heterocycles. The summed E-state index contributed by atoms with van der Waals surface area (Å²) in [6.45, 7) is 8.65. The highest BCUT2D eigenvalue weighted by Crippen LogP contribution is 2.35. The van der Waals surface area contributed by atoms with E-state index in [1.807, 2.05) is 82.4 Å². The molecule has 0 aliphatic carbocycles. The molecule has 346 valence electrons. The van der Waals surface area contributed by atoms with Gasteiger partial charge in [-0.05, 0) is 59.1 Å². The number of imidazole rings is 2. The highest BCUT2D eigenvalue weighted by atomic mass is 19.1. The van der Waals surface area contributed by atoms with Crippen LogP contribution in [0.5, 0.6) is 0 Å². The number of methoxy groups -OCH3 is 2. The van der Waals surface area contributed by atoms with E-state index in [1.165, 1.54) is 26.4 Å². The van der Waals surface area contributed by atoms with Crippen LogP contribution in [0.4, 0.5) is 18.8 Å². The average molecular weight is 903 g/mol. The summed E-state index contributed by atoms with van der Waals surface area (Å²) < 4.78 is 23.6. The van der Waals surface area contributed by atoms with Crippen molar-refractivity contribution in [2.24, 2.45) is 11.8 Å². The molecule has 2 aromatic heterocycles. The third-order valence-corrected chi connectivity index (χ3v) is 12.6. The molecule has 17 nitrogen and oxygen atoms in total. The maximum atomic E-state index is 14.2. The number of hydrogen-bond donors (Lipinski definition) is 4. The van der Waals surface area contributed by atoms with Gasteiger partial charge in [0.25, 0.3) is 0 Å². The van der Waals surface area contributed by atoms with Crippen molar-refractivity contribution in [1.29, 1.82) is 0 Å². The van der Waals surface area contributed by atoms with Gasteiger partial charge < -0.3 is 49.7 Å². The normalized spacial score (nSPS) is 17.8. The van der Waals surface area contributed by atoms with Crippen LogP contribution in [-0.2, 0) is 32.2 Å². The van der Waals surface area contributed by atoms with Crippen molar-refractivity contribution in [1.82, 2.24) is 50.2 Å². The van der Waals surface area contributed by atoms with Gasteiger partial charge in [0.05, 0.1) is 44.9 Å². The molecule has 0 spiro atoms. The van der Waals surface area contributed by atoms with E-state index in [1.54, 1.807) is 31.9 Å². The monoisotopic (exact) mass is 902 g/mol. The standard InChI is InChI=1S/C48H55FN10O7/c1-27(2)40(54-46(62)65-5)44(60)58-19-7-8-38(58)42-50-21-36(52-42)31-13-9-29(10-14-31)30-11-15-32(16-12-30)37-22-51-43(53-37)39-25-57(26-59(39)45(61)41(28(3)4)55-47(63)66-6)48(64)56-23-33-17-18-35(49)20-34(33)24-56/h9-18,20-22,27-28,38-41H,7-8,19,23-26H2,1-6H3,(H,50,52)(H,51,53)(H,54,62)(H,55,63)/t38-,39-,40?,41-/m0/s1. The Balaban J connectivity index is 0.959. The van der Waals surface area contributed by atoms with Crippen molar-refractivity contribution >= 4 is 30.0 Å². The Morgan fingerprint density at radius 1 is 0.667 bits per heavy atom. The summed E-state index contributed by atoms with van der Waals surface area (Å²) in [5.41, 5.74) is 6.72. The molecule has 3 aliphatic heterocycles. The maximum absolute atomic E-state index is 14.2. The second-order valence-corrected chi connectivity index (χ2v) is 17.6. The van der Waals surface area contributed by atoms with Gasteiger partial charge in [-0.1, -0.05) is 82.3 Å². The van der Waals surface area contributed by atoms with Crippen LogP contribution in [0.25, 0.3) is 33.6 Å². The third-order valence-electron chi connectivity index (χ3n) is 12.6. The summed E-state index contributed by atoms with van der Waals surface area (Å²) in [6, 6.07) is 17.7. The van der Waals surface area contributed by atoms with Crippen molar-refractivity contribution in [2.75, 3.05) is 34.0 Å². The maximum Gasteiger partial charge on any atom is 0.407 e. The fraction of sp³-hybridized carbons (Fsp3) is 0.396. The topological polar surface area (TPSA) is 198 Å². The van der Waals surface area contributed by atoms with Gasteiger partial charge in [0.1, 0.15) is 35.6 Å². The van der Waals surface area contributed by atoms with Gasteiger partial charge in [0.2, 0.25) is 11.8 Å². The van der Waals surface area contributed by atoms with Crippen LogP contribution >= 0.6 is 0 Å². The molecule has 1 unspecified atom stereocenters. The Morgan fingerprint density at radius 2 is 1.17 bits per heavy atom. The van der Waals surface area contributed by atoms with Gasteiger partial charge in [-0.15, -0.1) is 0 Å². The van der Waals surface area contributed by atoms with Gasteiger partial charge in [-0.2, -0.15) is 0 Å². The lowest BCUT2D eigenvalue weighted by Gasteiger charge is -2.29. The van der Waals surface area contributed by atoms with E-state index in [2.05, 4.69) is 20.6 Å². The molecule has 2 fully saturated rings. The number of H-pyrrole nitrogens is 2. The van der Waals surface area contributed by atoms with Crippen molar-refractivity contribution in [3.05, 3.63) is 108 Å². The highest BCUT2D eigenvalue weighted by Gasteiger charge is 2.44. The molecule has 4 N–H and O–H groups in total. The molecule has 0 saturated carbocycles. The zero-order valence-corrected chi connectivity index (χ0v) is 37.8. The summed E-state index contributed by atoms with van der Waals surface area (Å²) in [4.78, 5) is 89.0. The minimum Gasteiger partial charge on any atom is -0.453 e.